The van der Waals surface area contributed by atoms with Crippen LogP contribution in [0.15, 0.2) is 42.6 Å². The lowest BCUT2D eigenvalue weighted by atomic mass is 10.2. The van der Waals surface area contributed by atoms with Gasteiger partial charge >= 0.3 is 0 Å². The van der Waals surface area contributed by atoms with E-state index in [1.807, 2.05) is 49.2 Å². The second-order valence-electron chi connectivity index (χ2n) is 4.57. The number of nitrogen functional groups attached to an aromatic ring is 1. The molecule has 4 nitrogen and oxygen atoms in total. The number of benzene rings is 1. The fraction of sp³-hybridized carbons (Fsp3) is 0.267. The highest BCUT2D eigenvalue weighted by Crippen LogP contribution is 2.13. The summed E-state index contributed by atoms with van der Waals surface area (Å²) in [6, 6.07) is 11.7. The molecule has 0 unspecified atom stereocenters. The van der Waals surface area contributed by atoms with Crippen LogP contribution in [0.4, 0.5) is 5.69 Å². The molecule has 1 heterocycles. The predicted octanol–water partition coefficient (Wildman–Crippen LogP) is 2.27. The Balaban J connectivity index is 2.18. The van der Waals surface area contributed by atoms with E-state index in [-0.39, 0.29) is 5.91 Å². The van der Waals surface area contributed by atoms with Gasteiger partial charge in [-0.15, -0.1) is 0 Å². The Morgan fingerprint density at radius 3 is 2.53 bits per heavy atom. The maximum atomic E-state index is 12.5. The fourth-order valence-corrected chi connectivity index (χ4v) is 2.10. The van der Waals surface area contributed by atoms with Crippen LogP contribution >= 0.6 is 0 Å². The number of amides is 1. The number of aryl methyl sites for hydroxylation is 1. The number of rotatable bonds is 4. The number of nitrogens with zero attached hydrogens (tertiary/aromatic N) is 2. The molecular formula is C15H19N3O. The smallest absolute Gasteiger partial charge is 0.270 e. The molecule has 19 heavy (non-hydrogen) atoms. The minimum absolute atomic E-state index is 0.00514. The SMILES string of the molecule is CCN(Cc1ccccc1)C(=O)c1cc(N)cn1C. The van der Waals surface area contributed by atoms with E-state index in [2.05, 4.69) is 0 Å². The average Bonchev–Trinajstić information content (AvgIpc) is 2.75. The van der Waals surface area contributed by atoms with Crippen molar-refractivity contribution < 1.29 is 4.79 Å². The first kappa shape index (κ1) is 13.2. The van der Waals surface area contributed by atoms with Gasteiger partial charge in [0.1, 0.15) is 5.69 Å². The Morgan fingerprint density at radius 2 is 2.00 bits per heavy atom. The zero-order valence-corrected chi connectivity index (χ0v) is 11.3. The molecule has 4 heteroatoms. The summed E-state index contributed by atoms with van der Waals surface area (Å²) in [5.41, 5.74) is 8.08. The molecule has 1 amide bonds. The van der Waals surface area contributed by atoms with Crippen molar-refractivity contribution in [1.82, 2.24) is 9.47 Å². The van der Waals surface area contributed by atoms with Crippen LogP contribution in [0, 0.1) is 0 Å². The third-order valence-electron chi connectivity index (χ3n) is 3.13. The molecule has 1 aromatic carbocycles. The molecule has 0 atom stereocenters. The van der Waals surface area contributed by atoms with Gasteiger partial charge in [0, 0.05) is 26.3 Å². The number of aromatic nitrogens is 1. The summed E-state index contributed by atoms with van der Waals surface area (Å²) in [6.45, 7) is 3.26. The van der Waals surface area contributed by atoms with Gasteiger partial charge < -0.3 is 15.2 Å². The summed E-state index contributed by atoms with van der Waals surface area (Å²) < 4.78 is 1.77. The molecule has 0 fully saturated rings. The maximum absolute atomic E-state index is 12.5. The number of carbonyl (C=O) groups is 1. The van der Waals surface area contributed by atoms with Gasteiger partial charge in [0.2, 0.25) is 0 Å². The molecular weight excluding hydrogens is 238 g/mol. The lowest BCUT2D eigenvalue weighted by Gasteiger charge is -2.21. The van der Waals surface area contributed by atoms with Crippen LogP contribution in [-0.2, 0) is 13.6 Å². The Labute approximate surface area is 113 Å². The third-order valence-corrected chi connectivity index (χ3v) is 3.13. The zero-order valence-electron chi connectivity index (χ0n) is 11.3. The first-order valence-corrected chi connectivity index (χ1v) is 6.37. The zero-order chi connectivity index (χ0) is 13.8. The molecule has 100 valence electrons. The summed E-state index contributed by atoms with van der Waals surface area (Å²) in [4.78, 5) is 14.3. The highest BCUT2D eigenvalue weighted by atomic mass is 16.2. The quantitative estimate of drug-likeness (QED) is 0.913. The lowest BCUT2D eigenvalue weighted by molar-refractivity contribution is 0.0743. The van der Waals surface area contributed by atoms with Gasteiger partial charge in [-0.1, -0.05) is 30.3 Å². The van der Waals surface area contributed by atoms with E-state index in [9.17, 15) is 4.79 Å². The minimum atomic E-state index is 0.00514. The molecule has 2 aromatic rings. The highest BCUT2D eigenvalue weighted by molar-refractivity contribution is 5.93. The first-order valence-electron chi connectivity index (χ1n) is 6.37. The summed E-state index contributed by atoms with van der Waals surface area (Å²) in [7, 11) is 1.83. The number of anilines is 1. The van der Waals surface area contributed by atoms with Crippen LogP contribution in [0.2, 0.25) is 0 Å². The largest absolute Gasteiger partial charge is 0.397 e. The molecule has 0 aliphatic rings. The molecule has 0 spiro atoms. The van der Waals surface area contributed by atoms with E-state index in [1.165, 1.54) is 0 Å². The third kappa shape index (κ3) is 2.96. The second-order valence-corrected chi connectivity index (χ2v) is 4.57. The number of hydrogen-bond donors (Lipinski definition) is 1. The molecule has 2 N–H and O–H groups in total. The van der Waals surface area contributed by atoms with E-state index in [0.29, 0.717) is 24.5 Å². The topological polar surface area (TPSA) is 51.3 Å². The van der Waals surface area contributed by atoms with Crippen molar-refractivity contribution in [3.63, 3.8) is 0 Å². The minimum Gasteiger partial charge on any atom is -0.397 e. The molecule has 2 rings (SSSR count). The normalized spacial score (nSPS) is 10.4. The van der Waals surface area contributed by atoms with Gasteiger partial charge in [0.05, 0.1) is 5.69 Å². The molecule has 0 aliphatic carbocycles. The Morgan fingerprint density at radius 1 is 1.32 bits per heavy atom. The number of nitrogens with two attached hydrogens (primary N) is 1. The Bertz CT molecular complexity index is 560. The summed E-state index contributed by atoms with van der Waals surface area (Å²) in [5, 5.41) is 0. The van der Waals surface area contributed by atoms with E-state index < -0.39 is 0 Å². The molecule has 0 saturated carbocycles. The van der Waals surface area contributed by atoms with E-state index in [4.69, 9.17) is 5.73 Å². The van der Waals surface area contributed by atoms with Crippen LogP contribution in [-0.4, -0.2) is 21.9 Å². The molecule has 0 aliphatic heterocycles. The lowest BCUT2D eigenvalue weighted by Crippen LogP contribution is -2.31. The molecule has 0 bridgehead atoms. The van der Waals surface area contributed by atoms with Gasteiger partial charge in [0.25, 0.3) is 5.91 Å². The van der Waals surface area contributed by atoms with Crippen LogP contribution in [0.25, 0.3) is 0 Å². The van der Waals surface area contributed by atoms with Crippen molar-refractivity contribution in [1.29, 1.82) is 0 Å². The van der Waals surface area contributed by atoms with E-state index >= 15 is 0 Å². The van der Waals surface area contributed by atoms with Crippen molar-refractivity contribution in [2.24, 2.45) is 7.05 Å². The predicted molar refractivity (Wildman–Crippen MR) is 76.7 cm³/mol. The Hall–Kier alpha value is -2.23. The van der Waals surface area contributed by atoms with E-state index in [0.717, 1.165) is 5.56 Å². The summed E-state index contributed by atoms with van der Waals surface area (Å²) in [6.07, 6.45) is 1.75. The van der Waals surface area contributed by atoms with Crippen molar-refractivity contribution in [3.8, 4) is 0 Å². The Kier molecular flexibility index (Phi) is 3.90. The van der Waals surface area contributed by atoms with Crippen LogP contribution in [0.5, 0.6) is 0 Å². The standard InChI is InChI=1S/C15H19N3O/c1-3-18(10-12-7-5-4-6-8-12)15(19)14-9-13(16)11-17(14)2/h4-9,11H,3,10,16H2,1-2H3. The molecule has 0 radical (unpaired) electrons. The highest BCUT2D eigenvalue weighted by Gasteiger charge is 2.17. The second kappa shape index (κ2) is 5.61. The fourth-order valence-electron chi connectivity index (χ4n) is 2.10. The summed E-state index contributed by atoms with van der Waals surface area (Å²) >= 11 is 0. The van der Waals surface area contributed by atoms with Crippen LogP contribution < -0.4 is 5.73 Å². The van der Waals surface area contributed by atoms with Gasteiger partial charge in [-0.05, 0) is 18.6 Å². The molecule has 1 aromatic heterocycles. The number of hydrogen-bond acceptors (Lipinski definition) is 2. The first-order chi connectivity index (χ1) is 9.11. The number of carbonyl (C=O) groups excluding carboxylic acids is 1. The van der Waals surface area contributed by atoms with Crippen molar-refractivity contribution >= 4 is 11.6 Å². The molecule has 0 saturated heterocycles. The van der Waals surface area contributed by atoms with Crippen LogP contribution in [0.1, 0.15) is 23.0 Å². The average molecular weight is 257 g/mol. The van der Waals surface area contributed by atoms with Crippen molar-refractivity contribution in [3.05, 3.63) is 53.9 Å². The van der Waals surface area contributed by atoms with Crippen molar-refractivity contribution in [2.45, 2.75) is 13.5 Å². The van der Waals surface area contributed by atoms with E-state index in [1.54, 1.807) is 16.8 Å². The summed E-state index contributed by atoms with van der Waals surface area (Å²) in [5.74, 6) is 0.00514. The van der Waals surface area contributed by atoms with Crippen LogP contribution in [0.3, 0.4) is 0 Å². The van der Waals surface area contributed by atoms with Crippen molar-refractivity contribution in [2.75, 3.05) is 12.3 Å². The monoisotopic (exact) mass is 257 g/mol. The van der Waals surface area contributed by atoms with Gasteiger partial charge in [-0.2, -0.15) is 0 Å². The van der Waals surface area contributed by atoms with Gasteiger partial charge in [-0.3, -0.25) is 4.79 Å². The maximum Gasteiger partial charge on any atom is 0.270 e. The van der Waals surface area contributed by atoms with Gasteiger partial charge in [-0.25, -0.2) is 0 Å². The van der Waals surface area contributed by atoms with Gasteiger partial charge in [0.15, 0.2) is 0 Å².